The van der Waals surface area contributed by atoms with Gasteiger partial charge < -0.3 is 19.9 Å². The molecule has 5 rings (SSSR count). The fourth-order valence-corrected chi connectivity index (χ4v) is 4.85. The fourth-order valence-electron chi connectivity index (χ4n) is 4.85. The summed E-state index contributed by atoms with van der Waals surface area (Å²) in [6.45, 7) is 5.33. The van der Waals surface area contributed by atoms with Gasteiger partial charge in [0.1, 0.15) is 29.8 Å². The number of fused-ring (bicyclic) bond motifs is 3. The number of nitrogens with two attached hydrogens (primary N) is 1. The number of benzene rings is 1. The van der Waals surface area contributed by atoms with Gasteiger partial charge in [0.15, 0.2) is 0 Å². The van der Waals surface area contributed by atoms with Crippen LogP contribution in [0.1, 0.15) is 31.4 Å². The maximum absolute atomic E-state index is 15.2. The second kappa shape index (κ2) is 6.46. The SMILES string of the molecule is CC1C/C=C/C=C\C(c2ccc3c(c2)[C@@]2(COC(N)=N2)C2(COC2)[C@@H](C)O3)=C1F. The predicted molar refractivity (Wildman–Crippen MR) is 109 cm³/mol. The molecule has 0 bridgehead atoms. The zero-order valence-electron chi connectivity index (χ0n) is 16.7. The topological polar surface area (TPSA) is 66.1 Å². The number of allylic oxidation sites excluding steroid dienone is 6. The maximum Gasteiger partial charge on any atom is 0.283 e. The second-order valence-electron chi connectivity index (χ2n) is 8.40. The highest BCUT2D eigenvalue weighted by atomic mass is 19.1. The van der Waals surface area contributed by atoms with Crippen molar-refractivity contribution in [3.05, 3.63) is 59.5 Å². The largest absolute Gasteiger partial charge is 0.489 e. The lowest BCUT2D eigenvalue weighted by atomic mass is 9.60. The number of rotatable bonds is 1. The molecule has 3 heterocycles. The summed E-state index contributed by atoms with van der Waals surface area (Å²) in [5, 5.41) is 0. The first-order valence-corrected chi connectivity index (χ1v) is 10.1. The van der Waals surface area contributed by atoms with Gasteiger partial charge in [-0.15, -0.1) is 0 Å². The van der Waals surface area contributed by atoms with E-state index in [2.05, 4.69) is 0 Å². The quantitative estimate of drug-likeness (QED) is 0.783. The third-order valence-electron chi connectivity index (χ3n) is 6.78. The van der Waals surface area contributed by atoms with Crippen molar-refractivity contribution < 1.29 is 18.6 Å². The van der Waals surface area contributed by atoms with Gasteiger partial charge >= 0.3 is 0 Å². The van der Waals surface area contributed by atoms with Crippen LogP contribution in [0.3, 0.4) is 0 Å². The van der Waals surface area contributed by atoms with E-state index >= 15 is 4.39 Å². The third-order valence-corrected chi connectivity index (χ3v) is 6.78. The van der Waals surface area contributed by atoms with E-state index < -0.39 is 5.54 Å². The van der Waals surface area contributed by atoms with E-state index in [0.717, 1.165) is 16.9 Å². The number of hydrogen-bond donors (Lipinski definition) is 1. The molecule has 0 radical (unpaired) electrons. The molecule has 1 aromatic carbocycles. The smallest absolute Gasteiger partial charge is 0.283 e. The van der Waals surface area contributed by atoms with Gasteiger partial charge in [0, 0.05) is 17.1 Å². The van der Waals surface area contributed by atoms with Crippen LogP contribution in [0.15, 0.2) is 53.3 Å². The van der Waals surface area contributed by atoms with Crippen molar-refractivity contribution >= 4 is 11.6 Å². The maximum atomic E-state index is 15.2. The Morgan fingerprint density at radius 1 is 1.17 bits per heavy atom. The normalized spacial score (nSPS) is 34.4. The molecule has 1 saturated heterocycles. The Balaban J connectivity index is 1.69. The van der Waals surface area contributed by atoms with Gasteiger partial charge in [-0.2, -0.15) is 0 Å². The van der Waals surface area contributed by atoms with Crippen LogP contribution in [0.25, 0.3) is 5.57 Å². The highest BCUT2D eigenvalue weighted by Crippen LogP contribution is 2.58. The van der Waals surface area contributed by atoms with Crippen LogP contribution in [0.5, 0.6) is 5.75 Å². The molecule has 29 heavy (non-hydrogen) atoms. The summed E-state index contributed by atoms with van der Waals surface area (Å²) in [5.41, 5.74) is 7.20. The molecule has 2 N–H and O–H groups in total. The number of ether oxygens (including phenoxy) is 3. The molecular formula is C23H25FN2O3. The van der Waals surface area contributed by atoms with Crippen LogP contribution in [0.4, 0.5) is 4.39 Å². The molecule has 6 heteroatoms. The first-order chi connectivity index (χ1) is 14.0. The lowest BCUT2D eigenvalue weighted by molar-refractivity contribution is -0.211. The summed E-state index contributed by atoms with van der Waals surface area (Å²) in [6, 6.07) is 5.99. The van der Waals surface area contributed by atoms with Crippen molar-refractivity contribution in [3.63, 3.8) is 0 Å². The zero-order chi connectivity index (χ0) is 20.2. The molecule has 0 saturated carbocycles. The Kier molecular flexibility index (Phi) is 4.10. The molecule has 3 atom stereocenters. The molecule has 1 aromatic rings. The predicted octanol–water partition coefficient (Wildman–Crippen LogP) is 3.86. The molecule has 1 fully saturated rings. The van der Waals surface area contributed by atoms with E-state index in [9.17, 15) is 0 Å². The lowest BCUT2D eigenvalue weighted by Crippen LogP contribution is -2.66. The van der Waals surface area contributed by atoms with Gasteiger partial charge in [-0.3, -0.25) is 0 Å². The van der Waals surface area contributed by atoms with Crippen molar-refractivity contribution in [3.8, 4) is 5.75 Å². The van der Waals surface area contributed by atoms with Gasteiger partial charge in [0.05, 0.1) is 18.6 Å². The second-order valence-corrected chi connectivity index (χ2v) is 8.40. The highest BCUT2D eigenvalue weighted by Gasteiger charge is 2.66. The van der Waals surface area contributed by atoms with E-state index in [-0.39, 0.29) is 29.3 Å². The molecule has 1 unspecified atom stereocenters. The summed E-state index contributed by atoms with van der Waals surface area (Å²) in [6.07, 6.45) is 8.23. The highest BCUT2D eigenvalue weighted by molar-refractivity contribution is 5.79. The van der Waals surface area contributed by atoms with Crippen LogP contribution in [-0.4, -0.2) is 31.9 Å². The van der Waals surface area contributed by atoms with E-state index in [1.807, 2.05) is 56.4 Å². The van der Waals surface area contributed by atoms with Gasteiger partial charge in [-0.25, -0.2) is 9.38 Å². The summed E-state index contributed by atoms with van der Waals surface area (Å²) < 4.78 is 32.7. The first kappa shape index (κ1) is 18.4. The van der Waals surface area contributed by atoms with Crippen LogP contribution in [0, 0.1) is 11.3 Å². The van der Waals surface area contributed by atoms with E-state index in [0.29, 0.717) is 31.8 Å². The van der Waals surface area contributed by atoms with Crippen molar-refractivity contribution in [2.75, 3.05) is 19.8 Å². The van der Waals surface area contributed by atoms with Gasteiger partial charge in [-0.05, 0) is 31.0 Å². The minimum absolute atomic E-state index is 0.102. The molecule has 5 nitrogen and oxygen atoms in total. The number of aliphatic imine (C=N–C) groups is 1. The summed E-state index contributed by atoms with van der Waals surface area (Å²) in [4.78, 5) is 4.77. The first-order valence-electron chi connectivity index (χ1n) is 10.1. The molecule has 0 amide bonds. The number of amidine groups is 1. The Labute approximate surface area is 169 Å². The Hall–Kier alpha value is -2.60. The van der Waals surface area contributed by atoms with Crippen molar-refractivity contribution in [1.82, 2.24) is 0 Å². The standard InChI is InChI=1S/C23H25FN2O3/c1-14-6-4-3-5-7-17(20(14)24)16-8-9-19-18(10-16)23(13-28-21(25)26-23)22(11-27-12-22)15(2)29-19/h3-5,7-10,14-15H,6,11-13H2,1-2H3,(H2,25,26)/b4-3+,7-5-,20-17?/t14?,15-,23+/m1/s1. The molecule has 1 aliphatic carbocycles. The van der Waals surface area contributed by atoms with E-state index in [1.54, 1.807) is 0 Å². The lowest BCUT2D eigenvalue weighted by Gasteiger charge is -2.56. The average Bonchev–Trinajstić information content (AvgIpc) is 3.04. The van der Waals surface area contributed by atoms with Crippen molar-refractivity contribution in [1.29, 1.82) is 0 Å². The molecule has 4 aliphatic rings. The van der Waals surface area contributed by atoms with Gasteiger partial charge in [-0.1, -0.05) is 37.3 Å². The molecule has 0 aromatic heterocycles. The van der Waals surface area contributed by atoms with Crippen molar-refractivity contribution in [2.24, 2.45) is 22.1 Å². The summed E-state index contributed by atoms with van der Waals surface area (Å²) >= 11 is 0. The minimum Gasteiger partial charge on any atom is -0.489 e. The van der Waals surface area contributed by atoms with Gasteiger partial charge in [0.25, 0.3) is 6.02 Å². The Morgan fingerprint density at radius 2 is 2.00 bits per heavy atom. The zero-order valence-corrected chi connectivity index (χ0v) is 16.7. The Bertz CT molecular complexity index is 976. The van der Waals surface area contributed by atoms with Gasteiger partial charge in [0.2, 0.25) is 0 Å². The Morgan fingerprint density at radius 3 is 2.69 bits per heavy atom. The molecular weight excluding hydrogens is 371 g/mol. The van der Waals surface area contributed by atoms with Crippen LogP contribution >= 0.6 is 0 Å². The summed E-state index contributed by atoms with van der Waals surface area (Å²) in [5.74, 6) is 0.448. The monoisotopic (exact) mass is 396 g/mol. The van der Waals surface area contributed by atoms with E-state index in [4.69, 9.17) is 24.9 Å². The van der Waals surface area contributed by atoms with Crippen LogP contribution in [-0.2, 0) is 15.0 Å². The van der Waals surface area contributed by atoms with Crippen LogP contribution < -0.4 is 10.5 Å². The number of hydrogen-bond acceptors (Lipinski definition) is 5. The average molecular weight is 396 g/mol. The molecule has 152 valence electrons. The number of halogens is 1. The van der Waals surface area contributed by atoms with Crippen LogP contribution in [0.2, 0.25) is 0 Å². The fraction of sp³-hybridized carbons (Fsp3) is 0.435. The summed E-state index contributed by atoms with van der Waals surface area (Å²) in [7, 11) is 0. The van der Waals surface area contributed by atoms with Crippen molar-refractivity contribution in [2.45, 2.75) is 31.9 Å². The molecule has 2 spiro atoms. The number of nitrogens with zero attached hydrogens (tertiary/aromatic N) is 1. The van der Waals surface area contributed by atoms with E-state index in [1.165, 1.54) is 0 Å². The third kappa shape index (κ3) is 2.51. The minimum atomic E-state index is -0.688. The molecule has 3 aliphatic heterocycles.